The van der Waals surface area contributed by atoms with E-state index in [9.17, 15) is 0 Å². The first-order valence-corrected chi connectivity index (χ1v) is 3.54. The van der Waals surface area contributed by atoms with Crippen LogP contribution in [0.15, 0.2) is 18.2 Å². The van der Waals surface area contributed by atoms with E-state index < -0.39 is 0 Å². The molecule has 0 aliphatic heterocycles. The summed E-state index contributed by atoms with van der Waals surface area (Å²) in [7, 11) is 1.83. The van der Waals surface area contributed by atoms with Crippen LogP contribution >= 0.6 is 0 Å². The zero-order valence-corrected chi connectivity index (χ0v) is 6.57. The van der Waals surface area contributed by atoms with Crippen molar-refractivity contribution in [2.75, 3.05) is 0 Å². The molecule has 0 unspecified atom stereocenters. The smallest absolute Gasteiger partial charge is 0.116 e. The van der Waals surface area contributed by atoms with Gasteiger partial charge in [-0.2, -0.15) is 15.0 Å². The van der Waals surface area contributed by atoms with Gasteiger partial charge in [-0.25, -0.2) is 0 Å². The van der Waals surface area contributed by atoms with Crippen LogP contribution in [0, 0.1) is 6.92 Å². The van der Waals surface area contributed by atoms with Crippen molar-refractivity contribution in [1.29, 1.82) is 0 Å². The summed E-state index contributed by atoms with van der Waals surface area (Å²) < 4.78 is 0. The first-order chi connectivity index (χ1) is 5.27. The van der Waals surface area contributed by atoms with Crippen molar-refractivity contribution in [1.82, 2.24) is 15.0 Å². The Hall–Kier alpha value is -1.38. The van der Waals surface area contributed by atoms with Gasteiger partial charge in [-0.3, -0.25) is 0 Å². The molecule has 0 bridgehead atoms. The number of aromatic nitrogens is 3. The molecule has 0 N–H and O–H groups in total. The molecule has 2 rings (SSSR count). The Labute approximate surface area is 64.6 Å². The van der Waals surface area contributed by atoms with Crippen LogP contribution in [0.4, 0.5) is 0 Å². The molecular formula is C8H9N3. The quantitative estimate of drug-likeness (QED) is 0.562. The van der Waals surface area contributed by atoms with E-state index in [4.69, 9.17) is 0 Å². The molecule has 3 heteroatoms. The molecule has 1 heterocycles. The number of hydrogen-bond donors (Lipinski definition) is 0. The molecule has 0 aliphatic rings. The van der Waals surface area contributed by atoms with Crippen molar-refractivity contribution in [3.63, 3.8) is 0 Å². The lowest BCUT2D eigenvalue weighted by Crippen LogP contribution is -1.90. The summed E-state index contributed by atoms with van der Waals surface area (Å²) in [6.07, 6.45) is 0. The van der Waals surface area contributed by atoms with Gasteiger partial charge in [-0.15, -0.1) is 0 Å². The second kappa shape index (κ2) is 2.05. The normalized spacial score (nSPS) is 10.7. The van der Waals surface area contributed by atoms with Crippen molar-refractivity contribution in [2.24, 2.45) is 7.05 Å². The van der Waals surface area contributed by atoms with E-state index in [-0.39, 0.29) is 0 Å². The summed E-state index contributed by atoms with van der Waals surface area (Å²) in [5.74, 6) is 0. The Kier molecular flexibility index (Phi) is 1.18. The molecule has 3 nitrogen and oxygen atoms in total. The molecule has 0 radical (unpaired) electrons. The van der Waals surface area contributed by atoms with Gasteiger partial charge in [-0.1, -0.05) is 12.1 Å². The molecule has 0 saturated heterocycles. The van der Waals surface area contributed by atoms with E-state index in [0.29, 0.717) is 0 Å². The lowest BCUT2D eigenvalue weighted by Gasteiger charge is -1.88. The van der Waals surface area contributed by atoms with Gasteiger partial charge in [0.15, 0.2) is 0 Å². The third kappa shape index (κ3) is 0.888. The van der Waals surface area contributed by atoms with Crippen molar-refractivity contribution in [3.05, 3.63) is 23.8 Å². The fourth-order valence-corrected chi connectivity index (χ4v) is 1.18. The van der Waals surface area contributed by atoms with E-state index in [2.05, 4.69) is 10.2 Å². The minimum atomic E-state index is 0.965. The number of hydrogen-bond acceptors (Lipinski definition) is 2. The molecule has 56 valence electrons. The summed E-state index contributed by atoms with van der Waals surface area (Å²) in [6.45, 7) is 2.04. The first kappa shape index (κ1) is 6.34. The second-order valence-electron chi connectivity index (χ2n) is 2.63. The Morgan fingerprint density at radius 2 is 2.09 bits per heavy atom. The monoisotopic (exact) mass is 147 g/mol. The third-order valence-electron chi connectivity index (χ3n) is 1.71. The van der Waals surface area contributed by atoms with Crippen LogP contribution in [0.25, 0.3) is 11.0 Å². The zero-order chi connectivity index (χ0) is 7.84. The average molecular weight is 147 g/mol. The minimum absolute atomic E-state index is 0.965. The molecule has 1 aromatic carbocycles. The predicted octanol–water partition coefficient (Wildman–Crippen LogP) is 1.28. The van der Waals surface area contributed by atoms with Crippen LogP contribution in [0.5, 0.6) is 0 Å². The van der Waals surface area contributed by atoms with Crippen LogP contribution in [0.1, 0.15) is 5.56 Å². The van der Waals surface area contributed by atoms with Gasteiger partial charge < -0.3 is 0 Å². The summed E-state index contributed by atoms with van der Waals surface area (Å²) in [6, 6.07) is 6.00. The van der Waals surface area contributed by atoms with Crippen LogP contribution in [-0.4, -0.2) is 15.0 Å². The van der Waals surface area contributed by atoms with Gasteiger partial charge in [-0.05, 0) is 18.6 Å². The molecule has 0 saturated carbocycles. The SMILES string of the molecule is Cc1cccc2nn(C)nc12. The van der Waals surface area contributed by atoms with Crippen LogP contribution in [-0.2, 0) is 7.05 Å². The topological polar surface area (TPSA) is 30.7 Å². The van der Waals surface area contributed by atoms with E-state index >= 15 is 0 Å². The minimum Gasteiger partial charge on any atom is -0.187 e. The summed E-state index contributed by atoms with van der Waals surface area (Å²) >= 11 is 0. The molecule has 0 amide bonds. The predicted molar refractivity (Wildman–Crippen MR) is 43.2 cm³/mol. The Balaban J connectivity index is 2.90. The van der Waals surface area contributed by atoms with Crippen molar-refractivity contribution in [3.8, 4) is 0 Å². The Morgan fingerprint density at radius 3 is 2.82 bits per heavy atom. The molecule has 0 aliphatic carbocycles. The molecule has 1 aromatic heterocycles. The van der Waals surface area contributed by atoms with E-state index in [1.165, 1.54) is 5.56 Å². The second-order valence-corrected chi connectivity index (χ2v) is 2.63. The highest BCUT2D eigenvalue weighted by Crippen LogP contribution is 2.11. The highest BCUT2D eigenvalue weighted by Gasteiger charge is 2.00. The number of rotatable bonds is 0. The van der Waals surface area contributed by atoms with Crippen LogP contribution in [0.3, 0.4) is 0 Å². The largest absolute Gasteiger partial charge is 0.187 e. The number of aryl methyl sites for hydroxylation is 2. The maximum absolute atomic E-state index is 4.22. The van der Waals surface area contributed by atoms with Crippen LogP contribution < -0.4 is 0 Å². The highest BCUT2D eigenvalue weighted by molar-refractivity contribution is 5.76. The fraction of sp³-hybridized carbons (Fsp3) is 0.250. The molecule has 11 heavy (non-hydrogen) atoms. The molecule has 0 spiro atoms. The zero-order valence-electron chi connectivity index (χ0n) is 6.57. The van der Waals surface area contributed by atoms with E-state index in [0.717, 1.165) is 11.0 Å². The summed E-state index contributed by atoms with van der Waals surface area (Å²) in [5, 5.41) is 8.40. The third-order valence-corrected chi connectivity index (χ3v) is 1.71. The molecule has 0 atom stereocenters. The first-order valence-electron chi connectivity index (χ1n) is 3.54. The Morgan fingerprint density at radius 1 is 1.27 bits per heavy atom. The lowest BCUT2D eigenvalue weighted by molar-refractivity contribution is 0.665. The van der Waals surface area contributed by atoms with E-state index in [1.807, 2.05) is 32.2 Å². The van der Waals surface area contributed by atoms with Crippen molar-refractivity contribution in [2.45, 2.75) is 6.92 Å². The lowest BCUT2D eigenvalue weighted by atomic mass is 10.2. The molecule has 2 aromatic rings. The van der Waals surface area contributed by atoms with Gasteiger partial charge in [0.05, 0.1) is 0 Å². The molecular weight excluding hydrogens is 138 g/mol. The number of benzene rings is 1. The summed E-state index contributed by atoms with van der Waals surface area (Å²) in [5.41, 5.74) is 3.14. The fourth-order valence-electron chi connectivity index (χ4n) is 1.18. The summed E-state index contributed by atoms with van der Waals surface area (Å²) in [4.78, 5) is 1.59. The highest BCUT2D eigenvalue weighted by atomic mass is 15.4. The molecule has 0 fully saturated rings. The van der Waals surface area contributed by atoms with Crippen molar-refractivity contribution >= 4 is 11.0 Å². The number of fused-ring (bicyclic) bond motifs is 1. The van der Waals surface area contributed by atoms with Gasteiger partial charge in [0.25, 0.3) is 0 Å². The van der Waals surface area contributed by atoms with Gasteiger partial charge in [0.2, 0.25) is 0 Å². The number of nitrogens with zero attached hydrogens (tertiary/aromatic N) is 3. The maximum Gasteiger partial charge on any atom is 0.116 e. The average Bonchev–Trinajstić information content (AvgIpc) is 2.31. The van der Waals surface area contributed by atoms with E-state index in [1.54, 1.807) is 4.80 Å². The standard InChI is InChI=1S/C8H9N3/c1-6-4-3-5-7-8(6)10-11(2)9-7/h3-5H,1-2H3. The van der Waals surface area contributed by atoms with Crippen molar-refractivity contribution < 1.29 is 0 Å². The van der Waals surface area contributed by atoms with Gasteiger partial charge in [0, 0.05) is 7.05 Å². The Bertz CT molecular complexity index is 389. The van der Waals surface area contributed by atoms with Crippen LogP contribution in [0.2, 0.25) is 0 Å². The van der Waals surface area contributed by atoms with Gasteiger partial charge >= 0.3 is 0 Å². The maximum atomic E-state index is 4.22. The van der Waals surface area contributed by atoms with Gasteiger partial charge in [0.1, 0.15) is 11.0 Å².